The van der Waals surface area contributed by atoms with Crippen LogP contribution in [0.1, 0.15) is 33.1 Å². The highest BCUT2D eigenvalue weighted by molar-refractivity contribution is 7.91. The Morgan fingerprint density at radius 2 is 1.88 bits per heavy atom. The summed E-state index contributed by atoms with van der Waals surface area (Å²) in [7, 11) is -2.81. The van der Waals surface area contributed by atoms with Crippen LogP contribution in [0.3, 0.4) is 0 Å². The van der Waals surface area contributed by atoms with Crippen molar-refractivity contribution < 1.29 is 8.42 Å². The molecule has 0 bridgehead atoms. The predicted molar refractivity (Wildman–Crippen MR) is 72.1 cm³/mol. The third-order valence-corrected chi connectivity index (χ3v) is 5.12. The van der Waals surface area contributed by atoms with Gasteiger partial charge in [0.2, 0.25) is 0 Å². The molecule has 0 amide bonds. The van der Waals surface area contributed by atoms with Gasteiger partial charge in [-0.1, -0.05) is 13.8 Å². The van der Waals surface area contributed by atoms with Gasteiger partial charge in [0.15, 0.2) is 9.84 Å². The molecule has 1 aliphatic heterocycles. The van der Waals surface area contributed by atoms with Crippen LogP contribution in [0.4, 0.5) is 0 Å². The Morgan fingerprint density at radius 3 is 2.41 bits per heavy atom. The van der Waals surface area contributed by atoms with E-state index in [1.54, 1.807) is 6.92 Å². The first-order chi connectivity index (χ1) is 8.07. The zero-order valence-corrected chi connectivity index (χ0v) is 11.9. The highest BCUT2D eigenvalue weighted by Crippen LogP contribution is 2.10. The molecule has 1 rings (SSSR count). The van der Waals surface area contributed by atoms with Crippen molar-refractivity contribution in [3.63, 3.8) is 0 Å². The second-order valence-electron chi connectivity index (χ2n) is 4.81. The fourth-order valence-corrected chi connectivity index (χ4v) is 2.96. The van der Waals surface area contributed by atoms with E-state index >= 15 is 0 Å². The van der Waals surface area contributed by atoms with Crippen molar-refractivity contribution in [1.82, 2.24) is 10.2 Å². The third-order valence-electron chi connectivity index (χ3n) is 3.41. The molecule has 0 unspecified atom stereocenters. The Kier molecular flexibility index (Phi) is 6.44. The van der Waals surface area contributed by atoms with Crippen LogP contribution in [0.25, 0.3) is 0 Å². The number of piperidine rings is 1. The van der Waals surface area contributed by atoms with Crippen molar-refractivity contribution in [3.05, 3.63) is 0 Å². The van der Waals surface area contributed by atoms with Crippen molar-refractivity contribution in [2.45, 2.75) is 39.2 Å². The minimum atomic E-state index is -2.81. The van der Waals surface area contributed by atoms with Gasteiger partial charge >= 0.3 is 0 Å². The summed E-state index contributed by atoms with van der Waals surface area (Å²) in [6.45, 7) is 8.00. The molecule has 0 spiro atoms. The number of likely N-dealkylation sites (tertiary alicyclic amines) is 1. The van der Waals surface area contributed by atoms with Crippen molar-refractivity contribution in [3.8, 4) is 0 Å². The number of nitrogens with one attached hydrogen (secondary N) is 1. The average Bonchev–Trinajstić information content (AvgIpc) is 2.32. The Labute approximate surface area is 106 Å². The molecule has 1 N–H and O–H groups in total. The molecule has 0 radical (unpaired) electrons. The second-order valence-corrected chi connectivity index (χ2v) is 7.28. The van der Waals surface area contributed by atoms with E-state index < -0.39 is 9.84 Å². The lowest BCUT2D eigenvalue weighted by Gasteiger charge is -2.32. The third kappa shape index (κ3) is 5.84. The van der Waals surface area contributed by atoms with E-state index in [2.05, 4.69) is 17.1 Å². The number of hydrogen-bond donors (Lipinski definition) is 1. The quantitative estimate of drug-likeness (QED) is 0.740. The summed E-state index contributed by atoms with van der Waals surface area (Å²) in [4.78, 5) is 2.49. The van der Waals surface area contributed by atoms with E-state index in [1.807, 2.05) is 0 Å². The summed E-state index contributed by atoms with van der Waals surface area (Å²) >= 11 is 0. The van der Waals surface area contributed by atoms with Crippen LogP contribution in [-0.2, 0) is 9.84 Å². The molecule has 0 aliphatic carbocycles. The van der Waals surface area contributed by atoms with Gasteiger partial charge < -0.3 is 10.2 Å². The smallest absolute Gasteiger partial charge is 0.151 e. The Bertz CT molecular complexity index is 296. The molecule has 1 aliphatic rings. The molecule has 5 heteroatoms. The van der Waals surface area contributed by atoms with Gasteiger partial charge in [-0.05, 0) is 38.9 Å². The fraction of sp³-hybridized carbons (Fsp3) is 1.00. The summed E-state index contributed by atoms with van der Waals surface area (Å²) in [5.41, 5.74) is 0. The first-order valence-electron chi connectivity index (χ1n) is 6.73. The van der Waals surface area contributed by atoms with Crippen LogP contribution < -0.4 is 5.32 Å². The Hall–Kier alpha value is -0.130. The minimum absolute atomic E-state index is 0.254. The lowest BCUT2D eigenvalue weighted by atomic mass is 10.1. The molecule has 4 nitrogen and oxygen atoms in total. The molecular weight excluding hydrogens is 236 g/mol. The molecule has 0 aromatic carbocycles. The molecular formula is C12H26N2O2S. The van der Waals surface area contributed by atoms with Crippen LogP contribution in [-0.4, -0.2) is 57.0 Å². The average molecular weight is 262 g/mol. The van der Waals surface area contributed by atoms with Crippen LogP contribution in [0.2, 0.25) is 0 Å². The van der Waals surface area contributed by atoms with Crippen molar-refractivity contribution >= 4 is 9.84 Å². The summed E-state index contributed by atoms with van der Waals surface area (Å²) in [5.74, 6) is 0.530. The molecule has 0 aromatic heterocycles. The van der Waals surface area contributed by atoms with E-state index in [0.717, 1.165) is 25.9 Å². The zero-order chi connectivity index (χ0) is 12.7. The van der Waals surface area contributed by atoms with Crippen LogP contribution in [0.5, 0.6) is 0 Å². The number of sulfone groups is 1. The molecule has 0 atom stereocenters. The fourth-order valence-electron chi connectivity index (χ4n) is 2.24. The minimum Gasteiger partial charge on any atom is -0.313 e. The first kappa shape index (κ1) is 14.9. The lowest BCUT2D eigenvalue weighted by Crippen LogP contribution is -2.43. The highest BCUT2D eigenvalue weighted by Gasteiger charge is 2.18. The summed E-state index contributed by atoms with van der Waals surface area (Å²) in [6.07, 6.45) is 3.51. The van der Waals surface area contributed by atoms with Gasteiger partial charge in [0.25, 0.3) is 0 Å². The summed E-state index contributed by atoms with van der Waals surface area (Å²) < 4.78 is 22.7. The predicted octanol–water partition coefficient (Wildman–Crippen LogP) is 0.885. The van der Waals surface area contributed by atoms with E-state index in [0.29, 0.717) is 12.6 Å². The number of rotatable bonds is 7. The van der Waals surface area contributed by atoms with Crippen LogP contribution in [0.15, 0.2) is 0 Å². The summed E-state index contributed by atoms with van der Waals surface area (Å²) in [5, 5.41) is 3.37. The largest absolute Gasteiger partial charge is 0.313 e. The topological polar surface area (TPSA) is 49.4 Å². The van der Waals surface area contributed by atoms with Gasteiger partial charge in [-0.3, -0.25) is 0 Å². The highest BCUT2D eigenvalue weighted by atomic mass is 32.2. The Morgan fingerprint density at radius 1 is 1.24 bits per heavy atom. The van der Waals surface area contributed by atoms with E-state index in [9.17, 15) is 8.42 Å². The maximum Gasteiger partial charge on any atom is 0.151 e. The SMILES string of the molecule is CCCN1CCC(NCCS(=O)(=O)CC)CC1. The standard InChI is InChI=1S/C12H26N2O2S/c1-3-8-14-9-5-12(6-10-14)13-7-11-17(15,16)4-2/h12-13H,3-11H2,1-2H3. The maximum absolute atomic E-state index is 11.3. The molecule has 102 valence electrons. The number of hydrogen-bond acceptors (Lipinski definition) is 4. The van der Waals surface area contributed by atoms with Gasteiger partial charge in [0, 0.05) is 18.3 Å². The molecule has 1 saturated heterocycles. The van der Waals surface area contributed by atoms with E-state index in [-0.39, 0.29) is 11.5 Å². The van der Waals surface area contributed by atoms with Crippen LogP contribution >= 0.6 is 0 Å². The summed E-state index contributed by atoms with van der Waals surface area (Å²) in [6, 6.07) is 0.509. The molecule has 1 fully saturated rings. The first-order valence-corrected chi connectivity index (χ1v) is 8.55. The van der Waals surface area contributed by atoms with Crippen molar-refractivity contribution in [2.24, 2.45) is 0 Å². The van der Waals surface area contributed by atoms with Crippen molar-refractivity contribution in [1.29, 1.82) is 0 Å². The molecule has 0 saturated carbocycles. The van der Waals surface area contributed by atoms with E-state index in [1.165, 1.54) is 13.0 Å². The normalized spacial score (nSPS) is 19.6. The maximum atomic E-state index is 11.3. The molecule has 1 heterocycles. The molecule has 17 heavy (non-hydrogen) atoms. The van der Waals surface area contributed by atoms with Crippen molar-refractivity contribution in [2.75, 3.05) is 37.7 Å². The van der Waals surface area contributed by atoms with E-state index in [4.69, 9.17) is 0 Å². The molecule has 0 aromatic rings. The van der Waals surface area contributed by atoms with Gasteiger partial charge in [0.1, 0.15) is 0 Å². The van der Waals surface area contributed by atoms with Crippen LogP contribution in [0, 0.1) is 0 Å². The van der Waals surface area contributed by atoms with Gasteiger partial charge in [0.05, 0.1) is 5.75 Å². The second kappa shape index (κ2) is 7.34. The monoisotopic (exact) mass is 262 g/mol. The van der Waals surface area contributed by atoms with Gasteiger partial charge in [-0.2, -0.15) is 0 Å². The number of nitrogens with zero attached hydrogens (tertiary/aromatic N) is 1. The van der Waals surface area contributed by atoms with Gasteiger partial charge in [-0.15, -0.1) is 0 Å². The zero-order valence-electron chi connectivity index (χ0n) is 11.1. The van der Waals surface area contributed by atoms with Gasteiger partial charge in [-0.25, -0.2) is 8.42 Å². The lowest BCUT2D eigenvalue weighted by molar-refractivity contribution is 0.199. The Balaban J connectivity index is 2.14.